The number of thiazole rings is 1. The largest absolute Gasteiger partial charge is 0.297 e. The molecule has 3 nitrogen and oxygen atoms in total. The maximum absolute atomic E-state index is 11.9. The molecule has 90 valence electrons. The smallest absolute Gasteiger partial charge is 0.267 e. The lowest BCUT2D eigenvalue weighted by molar-refractivity contribution is 0.103. The first-order valence-corrected chi connectivity index (χ1v) is 7.57. The second kappa shape index (κ2) is 5.29. The second-order valence-corrected chi connectivity index (χ2v) is 7.11. The summed E-state index contributed by atoms with van der Waals surface area (Å²) in [4.78, 5) is 16.9. The molecule has 2 aromatic heterocycles. The predicted molar refractivity (Wildman–Crippen MR) is 76.2 cm³/mol. The summed E-state index contributed by atoms with van der Waals surface area (Å²) >= 11 is 6.20. The van der Waals surface area contributed by atoms with E-state index in [4.69, 9.17) is 0 Å². The van der Waals surface area contributed by atoms with Crippen LogP contribution in [0.25, 0.3) is 0 Å². The van der Waals surface area contributed by atoms with Crippen LogP contribution in [-0.4, -0.2) is 10.9 Å². The van der Waals surface area contributed by atoms with Gasteiger partial charge in [0.25, 0.3) is 5.91 Å². The summed E-state index contributed by atoms with van der Waals surface area (Å²) < 4.78 is 0.949. The lowest BCUT2D eigenvalue weighted by Crippen LogP contribution is -2.09. The topological polar surface area (TPSA) is 42.0 Å². The lowest BCUT2D eigenvalue weighted by Gasteiger charge is -1.99. The van der Waals surface area contributed by atoms with Gasteiger partial charge in [-0.1, -0.05) is 13.8 Å². The number of rotatable bonds is 3. The summed E-state index contributed by atoms with van der Waals surface area (Å²) in [5, 5.41) is 5.44. The van der Waals surface area contributed by atoms with Crippen LogP contribution in [0.4, 0.5) is 5.13 Å². The highest BCUT2D eigenvalue weighted by molar-refractivity contribution is 9.11. The van der Waals surface area contributed by atoms with Crippen molar-refractivity contribution in [3.63, 3.8) is 0 Å². The molecule has 2 aromatic rings. The van der Waals surface area contributed by atoms with Crippen LogP contribution in [0.3, 0.4) is 0 Å². The molecule has 0 bridgehead atoms. The number of hydrogen-bond acceptors (Lipinski definition) is 4. The number of carbonyl (C=O) groups excluding carboxylic acids is 1. The Morgan fingerprint density at radius 2 is 2.24 bits per heavy atom. The molecule has 0 aromatic carbocycles. The van der Waals surface area contributed by atoms with Crippen molar-refractivity contribution in [3.8, 4) is 0 Å². The summed E-state index contributed by atoms with van der Waals surface area (Å²) in [7, 11) is 0. The first kappa shape index (κ1) is 12.7. The third-order valence-electron chi connectivity index (χ3n) is 2.13. The average molecular weight is 331 g/mol. The van der Waals surface area contributed by atoms with Crippen molar-refractivity contribution in [1.82, 2.24) is 4.98 Å². The Morgan fingerprint density at radius 1 is 1.47 bits per heavy atom. The first-order chi connectivity index (χ1) is 8.06. The molecule has 0 fully saturated rings. The van der Waals surface area contributed by atoms with Crippen LogP contribution in [0.2, 0.25) is 0 Å². The molecular formula is C11H11BrN2OS2. The number of nitrogens with one attached hydrogen (secondary N) is 1. The fraction of sp³-hybridized carbons (Fsp3) is 0.273. The molecule has 0 spiro atoms. The van der Waals surface area contributed by atoms with E-state index in [-0.39, 0.29) is 5.91 Å². The summed E-state index contributed by atoms with van der Waals surface area (Å²) in [6.45, 7) is 4.16. The quantitative estimate of drug-likeness (QED) is 0.909. The van der Waals surface area contributed by atoms with Crippen molar-refractivity contribution in [3.05, 3.63) is 31.9 Å². The number of thiophene rings is 1. The van der Waals surface area contributed by atoms with Crippen molar-refractivity contribution in [2.24, 2.45) is 0 Å². The minimum absolute atomic E-state index is 0.106. The molecule has 17 heavy (non-hydrogen) atoms. The normalized spacial score (nSPS) is 10.8. The molecule has 0 aliphatic carbocycles. The predicted octanol–water partition coefficient (Wildman–Crippen LogP) is 4.34. The molecule has 0 aliphatic heterocycles. The average Bonchev–Trinajstić information content (AvgIpc) is 2.86. The summed E-state index contributed by atoms with van der Waals surface area (Å²) in [5.74, 6) is 0.276. The van der Waals surface area contributed by atoms with Gasteiger partial charge < -0.3 is 0 Å². The van der Waals surface area contributed by atoms with E-state index in [2.05, 4.69) is 40.1 Å². The maximum atomic E-state index is 11.9. The molecule has 6 heteroatoms. The van der Waals surface area contributed by atoms with E-state index in [1.54, 1.807) is 6.07 Å². The zero-order chi connectivity index (χ0) is 12.4. The number of nitrogens with zero attached hydrogens (tertiary/aromatic N) is 1. The van der Waals surface area contributed by atoms with E-state index in [0.29, 0.717) is 15.9 Å². The Kier molecular flexibility index (Phi) is 3.96. The highest BCUT2D eigenvalue weighted by atomic mass is 79.9. The second-order valence-electron chi connectivity index (χ2n) is 3.79. The van der Waals surface area contributed by atoms with Gasteiger partial charge in [0, 0.05) is 5.38 Å². The van der Waals surface area contributed by atoms with Gasteiger partial charge in [-0.2, -0.15) is 0 Å². The molecule has 1 N–H and O–H groups in total. The van der Waals surface area contributed by atoms with Crippen LogP contribution in [0, 0.1) is 0 Å². The van der Waals surface area contributed by atoms with Gasteiger partial charge in [0.05, 0.1) is 14.4 Å². The van der Waals surface area contributed by atoms with Crippen molar-refractivity contribution in [2.75, 3.05) is 5.32 Å². The van der Waals surface area contributed by atoms with Gasteiger partial charge in [0.15, 0.2) is 5.13 Å². The standard InChI is InChI=1S/C11H11BrN2OS2/c1-6(2)7-5-16-11(13-7)14-10(15)8-3-4-9(12)17-8/h3-6H,1-2H3,(H,13,14,15). The van der Waals surface area contributed by atoms with Crippen LogP contribution in [-0.2, 0) is 0 Å². The number of aromatic nitrogens is 1. The SMILES string of the molecule is CC(C)c1csc(NC(=O)c2ccc(Br)s2)n1. The van der Waals surface area contributed by atoms with Crippen molar-refractivity contribution < 1.29 is 4.79 Å². The van der Waals surface area contributed by atoms with E-state index < -0.39 is 0 Å². The zero-order valence-electron chi connectivity index (χ0n) is 9.36. The minimum atomic E-state index is -0.106. The van der Waals surface area contributed by atoms with Gasteiger partial charge in [0.1, 0.15) is 0 Å². The molecule has 0 atom stereocenters. The zero-order valence-corrected chi connectivity index (χ0v) is 12.6. The molecule has 0 radical (unpaired) electrons. The van der Waals surface area contributed by atoms with Gasteiger partial charge in [-0.15, -0.1) is 22.7 Å². The monoisotopic (exact) mass is 330 g/mol. The van der Waals surface area contributed by atoms with Gasteiger partial charge in [-0.05, 0) is 34.0 Å². The molecule has 0 aliphatic rings. The van der Waals surface area contributed by atoms with E-state index in [9.17, 15) is 4.79 Å². The van der Waals surface area contributed by atoms with Gasteiger partial charge in [0.2, 0.25) is 0 Å². The van der Waals surface area contributed by atoms with Crippen LogP contribution >= 0.6 is 38.6 Å². The number of carbonyl (C=O) groups is 1. The van der Waals surface area contributed by atoms with E-state index in [1.165, 1.54) is 22.7 Å². The van der Waals surface area contributed by atoms with Gasteiger partial charge in [-0.3, -0.25) is 10.1 Å². The Morgan fingerprint density at radius 3 is 2.76 bits per heavy atom. The van der Waals surface area contributed by atoms with Gasteiger partial charge in [-0.25, -0.2) is 4.98 Å². The summed E-state index contributed by atoms with van der Waals surface area (Å²) in [5.41, 5.74) is 1.01. The maximum Gasteiger partial charge on any atom is 0.267 e. The highest BCUT2D eigenvalue weighted by Crippen LogP contribution is 2.25. The molecular weight excluding hydrogens is 320 g/mol. The lowest BCUT2D eigenvalue weighted by atomic mass is 10.2. The van der Waals surface area contributed by atoms with Crippen molar-refractivity contribution >= 4 is 49.6 Å². The van der Waals surface area contributed by atoms with Crippen LogP contribution in [0.5, 0.6) is 0 Å². The molecule has 2 heterocycles. The van der Waals surface area contributed by atoms with Crippen molar-refractivity contribution in [1.29, 1.82) is 0 Å². The third kappa shape index (κ3) is 3.14. The van der Waals surface area contributed by atoms with Crippen LogP contribution < -0.4 is 5.32 Å². The molecule has 2 rings (SSSR count). The number of halogens is 1. The van der Waals surface area contributed by atoms with Crippen LogP contribution in [0.1, 0.15) is 35.1 Å². The van der Waals surface area contributed by atoms with Gasteiger partial charge >= 0.3 is 0 Å². The summed E-state index contributed by atoms with van der Waals surface area (Å²) in [6, 6.07) is 3.65. The molecule has 1 amide bonds. The number of hydrogen-bond donors (Lipinski definition) is 1. The van der Waals surface area contributed by atoms with E-state index in [1.807, 2.05) is 11.4 Å². The fourth-order valence-electron chi connectivity index (χ4n) is 1.20. The number of anilines is 1. The van der Waals surface area contributed by atoms with Crippen molar-refractivity contribution in [2.45, 2.75) is 19.8 Å². The Hall–Kier alpha value is -0.720. The molecule has 0 saturated carbocycles. The first-order valence-electron chi connectivity index (χ1n) is 5.08. The third-order valence-corrected chi connectivity index (χ3v) is 4.53. The Bertz CT molecular complexity index is 533. The minimum Gasteiger partial charge on any atom is -0.297 e. The van der Waals surface area contributed by atoms with E-state index >= 15 is 0 Å². The number of amides is 1. The summed E-state index contributed by atoms with van der Waals surface area (Å²) in [6.07, 6.45) is 0. The van der Waals surface area contributed by atoms with Crippen LogP contribution in [0.15, 0.2) is 21.3 Å². The Balaban J connectivity index is 2.07. The molecule has 0 saturated heterocycles. The highest BCUT2D eigenvalue weighted by Gasteiger charge is 2.12. The van der Waals surface area contributed by atoms with E-state index in [0.717, 1.165) is 9.48 Å². The fourth-order valence-corrected chi connectivity index (χ4v) is 3.35. The molecule has 0 unspecified atom stereocenters. The Labute approximate surface area is 116 Å².